The average Bonchev–Trinajstić information content (AvgIpc) is 2.39. The number of rotatable bonds is 8. The summed E-state index contributed by atoms with van der Waals surface area (Å²) in [7, 11) is -0.210. The van der Waals surface area contributed by atoms with Gasteiger partial charge in [0, 0.05) is 25.2 Å². The molecule has 0 bridgehead atoms. The Morgan fingerprint density at radius 3 is 2.35 bits per heavy atom. The minimum atomic E-state index is -3.25. The fourth-order valence-electron chi connectivity index (χ4n) is 1.66. The maximum absolute atomic E-state index is 11.5. The summed E-state index contributed by atoms with van der Waals surface area (Å²) in [6.45, 7) is 2.35. The van der Waals surface area contributed by atoms with Gasteiger partial charge in [-0.05, 0) is 0 Å². The Morgan fingerprint density at radius 1 is 1.20 bits per heavy atom. The number of anilines is 2. The Morgan fingerprint density at radius 2 is 1.80 bits per heavy atom. The van der Waals surface area contributed by atoms with Gasteiger partial charge in [0.15, 0.2) is 11.5 Å². The summed E-state index contributed by atoms with van der Waals surface area (Å²) in [5.41, 5.74) is 6.93. The zero-order chi connectivity index (χ0) is 15.2. The summed E-state index contributed by atoms with van der Waals surface area (Å²) >= 11 is 0. The van der Waals surface area contributed by atoms with Crippen molar-refractivity contribution in [2.75, 3.05) is 44.1 Å². The molecule has 0 saturated heterocycles. The molecule has 0 heterocycles. The minimum Gasteiger partial charge on any atom is -0.493 e. The molecule has 1 aromatic carbocycles. The Labute approximate surface area is 119 Å². The Kier molecular flexibility index (Phi) is 5.90. The molecule has 0 amide bonds. The van der Waals surface area contributed by atoms with Crippen LogP contribution in [0.3, 0.4) is 0 Å². The molecule has 0 spiro atoms. The van der Waals surface area contributed by atoms with Gasteiger partial charge in [-0.15, -0.1) is 0 Å². The van der Waals surface area contributed by atoms with Gasteiger partial charge in [-0.2, -0.15) is 0 Å². The van der Waals surface area contributed by atoms with E-state index in [2.05, 4.69) is 10.0 Å². The molecule has 1 aromatic rings. The fourth-order valence-corrected chi connectivity index (χ4v) is 2.61. The van der Waals surface area contributed by atoms with Crippen molar-refractivity contribution >= 4 is 21.4 Å². The number of hydrogen-bond donors (Lipinski definition) is 3. The van der Waals surface area contributed by atoms with Gasteiger partial charge in [-0.25, -0.2) is 13.1 Å². The summed E-state index contributed by atoms with van der Waals surface area (Å²) in [6.07, 6.45) is 0. The van der Waals surface area contributed by atoms with E-state index in [1.165, 1.54) is 14.2 Å². The van der Waals surface area contributed by atoms with Crippen LogP contribution in [0.1, 0.15) is 6.92 Å². The van der Waals surface area contributed by atoms with Gasteiger partial charge in [-0.3, -0.25) is 0 Å². The number of hydrogen-bond acceptors (Lipinski definition) is 6. The number of nitrogens with one attached hydrogen (secondary N) is 2. The maximum Gasteiger partial charge on any atom is 0.213 e. The molecule has 0 aliphatic heterocycles. The number of methoxy groups -OCH3 is 2. The summed E-state index contributed by atoms with van der Waals surface area (Å²) in [6, 6.07) is 3.30. The van der Waals surface area contributed by atoms with E-state index in [0.29, 0.717) is 29.4 Å². The average molecular weight is 303 g/mol. The lowest BCUT2D eigenvalue weighted by Crippen LogP contribution is -2.29. The Hall–Kier alpha value is -1.67. The van der Waals surface area contributed by atoms with E-state index >= 15 is 0 Å². The number of nitrogens with two attached hydrogens (primary N) is 1. The fraction of sp³-hybridized carbons (Fsp3) is 0.500. The summed E-state index contributed by atoms with van der Waals surface area (Å²) < 4.78 is 35.7. The van der Waals surface area contributed by atoms with Crippen molar-refractivity contribution in [3.05, 3.63) is 12.1 Å². The van der Waals surface area contributed by atoms with Gasteiger partial charge in [-0.1, -0.05) is 6.92 Å². The Balaban J connectivity index is 2.74. The lowest BCUT2D eigenvalue weighted by atomic mass is 10.2. The third-order valence-corrected chi connectivity index (χ3v) is 4.08. The van der Waals surface area contributed by atoms with E-state index in [1.54, 1.807) is 19.1 Å². The monoisotopic (exact) mass is 303 g/mol. The predicted molar refractivity (Wildman–Crippen MR) is 79.9 cm³/mol. The molecular formula is C12H21N3O4S. The van der Waals surface area contributed by atoms with Crippen LogP contribution in [-0.4, -0.2) is 41.5 Å². The Bertz CT molecular complexity index is 546. The molecule has 8 heteroatoms. The topological polar surface area (TPSA) is 103 Å². The van der Waals surface area contributed by atoms with Crippen molar-refractivity contribution in [1.29, 1.82) is 0 Å². The van der Waals surface area contributed by atoms with Crippen LogP contribution in [0, 0.1) is 0 Å². The number of sulfonamides is 1. The highest BCUT2D eigenvalue weighted by Gasteiger charge is 2.11. The minimum absolute atomic E-state index is 0.0331. The van der Waals surface area contributed by atoms with Gasteiger partial charge in [0.1, 0.15) is 0 Å². The molecule has 1 rings (SSSR count). The highest BCUT2D eigenvalue weighted by molar-refractivity contribution is 7.89. The second kappa shape index (κ2) is 7.20. The van der Waals surface area contributed by atoms with Crippen LogP contribution in [0.25, 0.3) is 0 Å². The van der Waals surface area contributed by atoms with Gasteiger partial charge in [0.05, 0.1) is 31.3 Å². The van der Waals surface area contributed by atoms with Crippen LogP contribution in [0.2, 0.25) is 0 Å². The first-order valence-electron chi connectivity index (χ1n) is 6.16. The lowest BCUT2D eigenvalue weighted by Gasteiger charge is -2.14. The SMILES string of the molecule is CCNS(=O)(=O)CCNc1cc(OC)c(OC)cc1N. The number of nitrogen functional groups attached to an aromatic ring is 1. The zero-order valence-corrected chi connectivity index (χ0v) is 12.7. The number of ether oxygens (including phenoxy) is 2. The highest BCUT2D eigenvalue weighted by Crippen LogP contribution is 2.34. The van der Waals surface area contributed by atoms with Crippen LogP contribution in [0.15, 0.2) is 12.1 Å². The summed E-state index contributed by atoms with van der Waals surface area (Å²) in [5, 5.41) is 2.97. The molecule has 4 N–H and O–H groups in total. The molecule has 0 radical (unpaired) electrons. The van der Waals surface area contributed by atoms with Crippen molar-refractivity contribution in [1.82, 2.24) is 4.72 Å². The standard InChI is InChI=1S/C12H21N3O4S/c1-4-15-20(16,17)6-5-14-10-8-12(19-3)11(18-2)7-9(10)13/h7-8,14-15H,4-6,13H2,1-3H3. The molecule has 0 unspecified atom stereocenters. The van der Waals surface area contributed by atoms with Crippen molar-refractivity contribution in [3.8, 4) is 11.5 Å². The smallest absolute Gasteiger partial charge is 0.213 e. The van der Waals surface area contributed by atoms with Gasteiger partial charge >= 0.3 is 0 Å². The highest BCUT2D eigenvalue weighted by atomic mass is 32.2. The molecule has 0 aromatic heterocycles. The van der Waals surface area contributed by atoms with Gasteiger partial charge in [0.2, 0.25) is 10.0 Å². The molecule has 0 fully saturated rings. The van der Waals surface area contributed by atoms with E-state index in [4.69, 9.17) is 15.2 Å². The third-order valence-electron chi connectivity index (χ3n) is 2.61. The second-order valence-corrected chi connectivity index (χ2v) is 5.96. The van der Waals surface area contributed by atoms with Crippen LogP contribution < -0.4 is 25.2 Å². The normalized spacial score (nSPS) is 11.2. The molecule has 0 aliphatic rings. The third kappa shape index (κ3) is 4.46. The van der Waals surface area contributed by atoms with E-state index < -0.39 is 10.0 Å². The van der Waals surface area contributed by atoms with Crippen molar-refractivity contribution in [3.63, 3.8) is 0 Å². The molecule has 0 saturated carbocycles. The van der Waals surface area contributed by atoms with Gasteiger partial charge < -0.3 is 20.5 Å². The molecule has 0 atom stereocenters. The van der Waals surface area contributed by atoms with E-state index in [-0.39, 0.29) is 12.3 Å². The molecule has 114 valence electrons. The molecule has 0 aliphatic carbocycles. The van der Waals surface area contributed by atoms with Crippen LogP contribution in [0.5, 0.6) is 11.5 Å². The first-order valence-corrected chi connectivity index (χ1v) is 7.81. The lowest BCUT2D eigenvalue weighted by molar-refractivity contribution is 0.355. The molecule has 20 heavy (non-hydrogen) atoms. The van der Waals surface area contributed by atoms with E-state index in [0.717, 1.165) is 0 Å². The van der Waals surface area contributed by atoms with Crippen LogP contribution in [0.4, 0.5) is 11.4 Å². The van der Waals surface area contributed by atoms with Crippen molar-refractivity contribution < 1.29 is 17.9 Å². The van der Waals surface area contributed by atoms with Crippen LogP contribution >= 0.6 is 0 Å². The first kappa shape index (κ1) is 16.4. The quantitative estimate of drug-likeness (QED) is 0.609. The van der Waals surface area contributed by atoms with Crippen molar-refractivity contribution in [2.24, 2.45) is 0 Å². The van der Waals surface area contributed by atoms with Gasteiger partial charge in [0.25, 0.3) is 0 Å². The summed E-state index contributed by atoms with van der Waals surface area (Å²) in [5.74, 6) is 1.02. The van der Waals surface area contributed by atoms with E-state index in [1.807, 2.05) is 0 Å². The maximum atomic E-state index is 11.5. The predicted octanol–water partition coefficient (Wildman–Crippen LogP) is 0.637. The molecule has 7 nitrogen and oxygen atoms in total. The second-order valence-electron chi connectivity index (χ2n) is 4.04. The zero-order valence-electron chi connectivity index (χ0n) is 11.9. The molecular weight excluding hydrogens is 282 g/mol. The van der Waals surface area contributed by atoms with E-state index in [9.17, 15) is 8.42 Å². The van der Waals surface area contributed by atoms with Crippen molar-refractivity contribution in [2.45, 2.75) is 6.92 Å². The van der Waals surface area contributed by atoms with Crippen LogP contribution in [-0.2, 0) is 10.0 Å². The first-order chi connectivity index (χ1) is 9.43. The largest absolute Gasteiger partial charge is 0.493 e. The number of benzene rings is 1. The summed E-state index contributed by atoms with van der Waals surface area (Å²) in [4.78, 5) is 0.